The summed E-state index contributed by atoms with van der Waals surface area (Å²) in [6.07, 6.45) is 2.60. The van der Waals surface area contributed by atoms with Crippen LogP contribution in [0.5, 0.6) is 5.75 Å². The zero-order chi connectivity index (χ0) is 13.8. The molecule has 1 aromatic carbocycles. The molecule has 1 heterocycles. The van der Waals surface area contributed by atoms with Crippen LogP contribution in [0.4, 0.5) is 5.69 Å². The highest BCUT2D eigenvalue weighted by Crippen LogP contribution is 2.28. The minimum Gasteiger partial charge on any atom is -0.496 e. The minimum atomic E-state index is 0.849. The average Bonchev–Trinajstić information content (AvgIpc) is 2.91. The lowest BCUT2D eigenvalue weighted by molar-refractivity contribution is 0.411. The summed E-state index contributed by atoms with van der Waals surface area (Å²) >= 11 is 0. The van der Waals surface area contributed by atoms with Gasteiger partial charge in [-0.05, 0) is 69.0 Å². The van der Waals surface area contributed by atoms with E-state index in [1.807, 2.05) is 0 Å². The standard InChI is InChI=1S/C16H26N2O/c1-12-10-16(19-4)13(2)9-15(12)18(3)8-6-14-5-7-17-11-14/h9-10,14,17H,5-8,11H2,1-4H3. The summed E-state index contributed by atoms with van der Waals surface area (Å²) in [7, 11) is 3.93. The predicted octanol–water partition coefficient (Wildman–Crippen LogP) is 2.75. The van der Waals surface area contributed by atoms with Crippen molar-refractivity contribution in [1.29, 1.82) is 0 Å². The van der Waals surface area contributed by atoms with Crippen LogP contribution in [0.1, 0.15) is 24.0 Å². The fourth-order valence-corrected chi connectivity index (χ4v) is 2.86. The van der Waals surface area contributed by atoms with Crippen molar-refractivity contribution in [1.82, 2.24) is 5.32 Å². The van der Waals surface area contributed by atoms with Gasteiger partial charge in [0, 0.05) is 19.3 Å². The quantitative estimate of drug-likeness (QED) is 0.883. The second-order valence-corrected chi connectivity index (χ2v) is 5.68. The van der Waals surface area contributed by atoms with E-state index in [-0.39, 0.29) is 0 Å². The lowest BCUT2D eigenvalue weighted by atomic mass is 10.0. The third-order valence-corrected chi connectivity index (χ3v) is 4.16. The molecule has 1 aliphatic heterocycles. The van der Waals surface area contributed by atoms with Crippen molar-refractivity contribution in [2.45, 2.75) is 26.7 Å². The van der Waals surface area contributed by atoms with Crippen molar-refractivity contribution in [3.8, 4) is 5.75 Å². The Bertz CT molecular complexity index is 425. The molecule has 0 spiro atoms. The van der Waals surface area contributed by atoms with Gasteiger partial charge in [0.05, 0.1) is 7.11 Å². The smallest absolute Gasteiger partial charge is 0.122 e. The molecule has 3 nitrogen and oxygen atoms in total. The number of anilines is 1. The molecular formula is C16H26N2O. The molecule has 0 saturated carbocycles. The summed E-state index contributed by atoms with van der Waals surface area (Å²) in [4.78, 5) is 2.38. The van der Waals surface area contributed by atoms with E-state index in [1.165, 1.54) is 42.7 Å². The van der Waals surface area contributed by atoms with Gasteiger partial charge in [0.1, 0.15) is 5.75 Å². The molecule has 19 heavy (non-hydrogen) atoms. The van der Waals surface area contributed by atoms with Crippen LogP contribution in [0.2, 0.25) is 0 Å². The number of hydrogen-bond acceptors (Lipinski definition) is 3. The molecule has 0 aromatic heterocycles. The Morgan fingerprint density at radius 1 is 1.32 bits per heavy atom. The van der Waals surface area contributed by atoms with Crippen LogP contribution in [-0.2, 0) is 0 Å². The number of methoxy groups -OCH3 is 1. The second-order valence-electron chi connectivity index (χ2n) is 5.68. The number of ether oxygens (including phenoxy) is 1. The van der Waals surface area contributed by atoms with Gasteiger partial charge in [-0.25, -0.2) is 0 Å². The fraction of sp³-hybridized carbons (Fsp3) is 0.625. The van der Waals surface area contributed by atoms with Gasteiger partial charge in [0.15, 0.2) is 0 Å². The van der Waals surface area contributed by atoms with Crippen molar-refractivity contribution in [2.75, 3.05) is 38.7 Å². The number of nitrogens with zero attached hydrogens (tertiary/aromatic N) is 1. The lowest BCUT2D eigenvalue weighted by Crippen LogP contribution is -2.22. The topological polar surface area (TPSA) is 24.5 Å². The summed E-state index contributed by atoms with van der Waals surface area (Å²) in [5.41, 5.74) is 3.82. The Morgan fingerprint density at radius 2 is 2.11 bits per heavy atom. The highest BCUT2D eigenvalue weighted by molar-refractivity contribution is 5.58. The van der Waals surface area contributed by atoms with Crippen LogP contribution in [0, 0.1) is 19.8 Å². The van der Waals surface area contributed by atoms with Gasteiger partial charge in [-0.1, -0.05) is 0 Å². The van der Waals surface area contributed by atoms with E-state index in [9.17, 15) is 0 Å². The Balaban J connectivity index is 2.01. The maximum atomic E-state index is 5.38. The number of benzene rings is 1. The molecule has 1 fully saturated rings. The van der Waals surface area contributed by atoms with Crippen molar-refractivity contribution < 1.29 is 4.74 Å². The number of aryl methyl sites for hydroxylation is 2. The highest BCUT2D eigenvalue weighted by Gasteiger charge is 2.16. The van der Waals surface area contributed by atoms with Crippen LogP contribution < -0.4 is 15.0 Å². The van der Waals surface area contributed by atoms with Crippen LogP contribution in [0.3, 0.4) is 0 Å². The Morgan fingerprint density at radius 3 is 2.74 bits per heavy atom. The molecule has 1 atom stereocenters. The zero-order valence-electron chi connectivity index (χ0n) is 12.6. The van der Waals surface area contributed by atoms with E-state index in [4.69, 9.17) is 4.74 Å². The molecule has 106 valence electrons. The average molecular weight is 262 g/mol. The maximum Gasteiger partial charge on any atom is 0.122 e. The highest BCUT2D eigenvalue weighted by atomic mass is 16.5. The molecule has 0 aliphatic carbocycles. The lowest BCUT2D eigenvalue weighted by Gasteiger charge is -2.24. The first-order valence-corrected chi connectivity index (χ1v) is 7.19. The number of nitrogens with one attached hydrogen (secondary N) is 1. The monoisotopic (exact) mass is 262 g/mol. The third-order valence-electron chi connectivity index (χ3n) is 4.16. The fourth-order valence-electron chi connectivity index (χ4n) is 2.86. The number of rotatable bonds is 5. The van der Waals surface area contributed by atoms with E-state index in [1.54, 1.807) is 7.11 Å². The number of hydrogen-bond donors (Lipinski definition) is 1. The van der Waals surface area contributed by atoms with Gasteiger partial charge in [0.25, 0.3) is 0 Å². The van der Waals surface area contributed by atoms with Gasteiger partial charge < -0.3 is 15.0 Å². The van der Waals surface area contributed by atoms with E-state index >= 15 is 0 Å². The molecule has 3 heteroatoms. The molecule has 0 radical (unpaired) electrons. The zero-order valence-corrected chi connectivity index (χ0v) is 12.6. The summed E-state index contributed by atoms with van der Waals surface area (Å²) in [6, 6.07) is 4.37. The van der Waals surface area contributed by atoms with E-state index in [0.29, 0.717) is 0 Å². The van der Waals surface area contributed by atoms with Crippen molar-refractivity contribution in [3.05, 3.63) is 23.3 Å². The second kappa shape index (κ2) is 6.29. The first-order valence-electron chi connectivity index (χ1n) is 7.19. The molecule has 1 saturated heterocycles. The minimum absolute atomic E-state index is 0.849. The summed E-state index contributed by atoms with van der Waals surface area (Å²) in [6.45, 7) is 7.77. The summed E-state index contributed by atoms with van der Waals surface area (Å²) in [5.74, 6) is 1.83. The van der Waals surface area contributed by atoms with E-state index in [2.05, 4.69) is 43.2 Å². The first-order chi connectivity index (χ1) is 9.11. The summed E-state index contributed by atoms with van der Waals surface area (Å²) < 4.78 is 5.38. The Labute approximate surface area is 116 Å². The van der Waals surface area contributed by atoms with Crippen LogP contribution in [0.25, 0.3) is 0 Å². The van der Waals surface area contributed by atoms with Gasteiger partial charge in [-0.2, -0.15) is 0 Å². The van der Waals surface area contributed by atoms with Gasteiger partial charge >= 0.3 is 0 Å². The molecule has 1 aromatic rings. The molecular weight excluding hydrogens is 236 g/mol. The predicted molar refractivity (Wildman–Crippen MR) is 81.3 cm³/mol. The largest absolute Gasteiger partial charge is 0.496 e. The van der Waals surface area contributed by atoms with Gasteiger partial charge in [0.2, 0.25) is 0 Å². The molecule has 2 rings (SSSR count). The first kappa shape index (κ1) is 14.2. The SMILES string of the molecule is COc1cc(C)c(N(C)CCC2CCNC2)cc1C. The van der Waals surface area contributed by atoms with Crippen LogP contribution in [0.15, 0.2) is 12.1 Å². The molecule has 1 N–H and O–H groups in total. The van der Waals surface area contributed by atoms with Crippen LogP contribution in [-0.4, -0.2) is 33.8 Å². The maximum absolute atomic E-state index is 5.38. The van der Waals surface area contributed by atoms with Crippen molar-refractivity contribution in [3.63, 3.8) is 0 Å². The third kappa shape index (κ3) is 3.41. The summed E-state index contributed by atoms with van der Waals surface area (Å²) in [5, 5.41) is 3.44. The van der Waals surface area contributed by atoms with Crippen molar-refractivity contribution in [2.24, 2.45) is 5.92 Å². The molecule has 0 bridgehead atoms. The van der Waals surface area contributed by atoms with Gasteiger partial charge in [-0.15, -0.1) is 0 Å². The van der Waals surface area contributed by atoms with Crippen LogP contribution >= 0.6 is 0 Å². The molecule has 1 unspecified atom stereocenters. The molecule has 1 aliphatic rings. The van der Waals surface area contributed by atoms with E-state index in [0.717, 1.165) is 18.2 Å². The molecule has 0 amide bonds. The normalized spacial score (nSPS) is 18.6. The van der Waals surface area contributed by atoms with Crippen molar-refractivity contribution >= 4 is 5.69 Å². The Kier molecular flexibility index (Phi) is 4.70. The van der Waals surface area contributed by atoms with Gasteiger partial charge in [-0.3, -0.25) is 0 Å². The Hall–Kier alpha value is -1.22. The van der Waals surface area contributed by atoms with E-state index < -0.39 is 0 Å².